The molecule has 0 amide bonds. The number of rotatable bonds is 5. The van der Waals surface area contributed by atoms with Crippen LogP contribution in [0.15, 0.2) is 91.0 Å². The number of hydrogen-bond donors (Lipinski definition) is 1. The van der Waals surface area contributed by atoms with Crippen molar-refractivity contribution < 1.29 is 0 Å². The molecule has 0 aromatic heterocycles. The summed E-state index contributed by atoms with van der Waals surface area (Å²) < 4.78 is 0. The maximum absolute atomic E-state index is 3.74. The Morgan fingerprint density at radius 1 is 0.591 bits per heavy atom. The molecule has 0 unspecified atom stereocenters. The molecule has 0 saturated heterocycles. The van der Waals surface area contributed by atoms with Gasteiger partial charge in [-0.2, -0.15) is 0 Å². The van der Waals surface area contributed by atoms with Gasteiger partial charge < -0.3 is 5.32 Å². The summed E-state index contributed by atoms with van der Waals surface area (Å²) in [5.74, 6) is 0. The summed E-state index contributed by atoms with van der Waals surface area (Å²) in [7, 11) is 0. The maximum Gasteiger partial charge on any atom is 0.0947 e. The average Bonchev–Trinajstić information content (AvgIpc) is 2.62. The minimum absolute atomic E-state index is 0.321. The van der Waals surface area contributed by atoms with Crippen molar-refractivity contribution >= 4 is 0 Å². The number of hydrogen-bond acceptors (Lipinski definition) is 1. The molecule has 0 radical (unpaired) electrons. The average molecular weight is 287 g/mol. The fourth-order valence-corrected chi connectivity index (χ4v) is 3.14. The molecule has 0 aliphatic carbocycles. The van der Waals surface area contributed by atoms with E-state index in [1.165, 1.54) is 16.7 Å². The standard InChI is InChI=1S/C21H21N/c1-2-22-21(18-12-6-3-7-13-18,19-14-8-4-9-15-19)20-16-10-5-11-17-20/h3-17,22H,2H2,1H3. The van der Waals surface area contributed by atoms with Crippen LogP contribution in [0.2, 0.25) is 0 Å². The third-order valence-electron chi connectivity index (χ3n) is 4.06. The van der Waals surface area contributed by atoms with Crippen molar-refractivity contribution in [3.8, 4) is 0 Å². The van der Waals surface area contributed by atoms with E-state index in [1.54, 1.807) is 0 Å². The van der Waals surface area contributed by atoms with E-state index in [1.807, 2.05) is 0 Å². The minimum Gasteiger partial charge on any atom is -0.300 e. The second-order valence-electron chi connectivity index (χ2n) is 5.38. The Kier molecular flexibility index (Phi) is 4.36. The second kappa shape index (κ2) is 6.59. The Hall–Kier alpha value is -2.38. The zero-order chi connectivity index (χ0) is 15.3. The molecule has 0 bridgehead atoms. The van der Waals surface area contributed by atoms with Gasteiger partial charge in [0.25, 0.3) is 0 Å². The van der Waals surface area contributed by atoms with Gasteiger partial charge in [0, 0.05) is 0 Å². The summed E-state index contributed by atoms with van der Waals surface area (Å²) in [6.45, 7) is 3.04. The van der Waals surface area contributed by atoms with Crippen molar-refractivity contribution in [2.24, 2.45) is 0 Å². The fraction of sp³-hybridized carbons (Fsp3) is 0.143. The van der Waals surface area contributed by atoms with Crippen LogP contribution in [-0.4, -0.2) is 6.54 Å². The van der Waals surface area contributed by atoms with Gasteiger partial charge in [-0.3, -0.25) is 0 Å². The molecule has 1 N–H and O–H groups in total. The lowest BCUT2D eigenvalue weighted by atomic mass is 9.77. The summed E-state index contributed by atoms with van der Waals surface area (Å²) in [5.41, 5.74) is 3.45. The van der Waals surface area contributed by atoms with Crippen LogP contribution in [0.25, 0.3) is 0 Å². The van der Waals surface area contributed by atoms with Gasteiger partial charge in [-0.1, -0.05) is 97.9 Å². The van der Waals surface area contributed by atoms with Crippen molar-refractivity contribution in [2.45, 2.75) is 12.5 Å². The Morgan fingerprint density at radius 2 is 0.909 bits per heavy atom. The molecule has 0 spiro atoms. The number of nitrogens with one attached hydrogen (secondary N) is 1. The van der Waals surface area contributed by atoms with E-state index < -0.39 is 0 Å². The van der Waals surface area contributed by atoms with Crippen LogP contribution >= 0.6 is 0 Å². The lowest BCUT2D eigenvalue weighted by Crippen LogP contribution is -2.44. The first-order valence-corrected chi connectivity index (χ1v) is 7.79. The summed E-state index contributed by atoms with van der Waals surface area (Å²) in [6.07, 6.45) is 0. The van der Waals surface area contributed by atoms with Crippen LogP contribution in [-0.2, 0) is 5.54 Å². The molecule has 3 aromatic rings. The van der Waals surface area contributed by atoms with E-state index in [9.17, 15) is 0 Å². The van der Waals surface area contributed by atoms with Crippen LogP contribution in [0.5, 0.6) is 0 Å². The van der Waals surface area contributed by atoms with Gasteiger partial charge in [0.15, 0.2) is 0 Å². The molecular formula is C21H21N. The molecule has 0 atom stereocenters. The molecule has 1 nitrogen and oxygen atoms in total. The number of benzene rings is 3. The SMILES string of the molecule is CCNC(c1ccccc1)(c1ccccc1)c1ccccc1. The molecule has 3 rings (SSSR count). The lowest BCUT2D eigenvalue weighted by Gasteiger charge is -2.36. The van der Waals surface area contributed by atoms with Gasteiger partial charge >= 0.3 is 0 Å². The first-order valence-electron chi connectivity index (χ1n) is 7.79. The highest BCUT2D eigenvalue weighted by Gasteiger charge is 2.34. The van der Waals surface area contributed by atoms with E-state index in [0.717, 1.165) is 6.54 Å². The highest BCUT2D eigenvalue weighted by molar-refractivity contribution is 5.49. The molecule has 0 heterocycles. The van der Waals surface area contributed by atoms with E-state index >= 15 is 0 Å². The highest BCUT2D eigenvalue weighted by atomic mass is 15.0. The molecular weight excluding hydrogens is 266 g/mol. The van der Waals surface area contributed by atoms with Crippen LogP contribution in [0.1, 0.15) is 23.6 Å². The Bertz CT molecular complexity index is 593. The van der Waals surface area contributed by atoms with E-state index in [4.69, 9.17) is 0 Å². The molecule has 1 heteroatoms. The zero-order valence-electron chi connectivity index (χ0n) is 12.9. The van der Waals surface area contributed by atoms with Gasteiger partial charge in [-0.15, -0.1) is 0 Å². The predicted molar refractivity (Wildman–Crippen MR) is 92.9 cm³/mol. The molecule has 3 aromatic carbocycles. The monoisotopic (exact) mass is 287 g/mol. The summed E-state index contributed by atoms with van der Waals surface area (Å²) in [4.78, 5) is 0. The topological polar surface area (TPSA) is 12.0 Å². The lowest BCUT2D eigenvalue weighted by molar-refractivity contribution is 0.488. The largest absolute Gasteiger partial charge is 0.300 e. The third-order valence-corrected chi connectivity index (χ3v) is 4.06. The smallest absolute Gasteiger partial charge is 0.0947 e. The quantitative estimate of drug-likeness (QED) is 0.677. The van der Waals surface area contributed by atoms with Crippen LogP contribution in [0, 0.1) is 0 Å². The summed E-state index contributed by atoms with van der Waals surface area (Å²) >= 11 is 0. The van der Waals surface area contributed by atoms with Crippen LogP contribution in [0.4, 0.5) is 0 Å². The molecule has 110 valence electrons. The van der Waals surface area contributed by atoms with E-state index in [2.05, 4.69) is 103 Å². The molecule has 0 fully saturated rings. The van der Waals surface area contributed by atoms with Crippen molar-refractivity contribution in [3.05, 3.63) is 108 Å². The van der Waals surface area contributed by atoms with Gasteiger partial charge in [-0.05, 0) is 23.2 Å². The van der Waals surface area contributed by atoms with E-state index in [0.29, 0.717) is 0 Å². The van der Waals surface area contributed by atoms with Crippen LogP contribution in [0.3, 0.4) is 0 Å². The van der Waals surface area contributed by atoms with Gasteiger partial charge in [0.05, 0.1) is 5.54 Å². The Labute approximate surface area is 132 Å². The molecule has 0 saturated carbocycles. The van der Waals surface area contributed by atoms with Crippen molar-refractivity contribution in [1.82, 2.24) is 5.32 Å². The predicted octanol–water partition coefficient (Wildman–Crippen LogP) is 4.59. The second-order valence-corrected chi connectivity index (χ2v) is 5.38. The third kappa shape index (κ3) is 2.56. The molecule has 22 heavy (non-hydrogen) atoms. The van der Waals surface area contributed by atoms with Crippen LogP contribution < -0.4 is 5.32 Å². The highest BCUT2D eigenvalue weighted by Crippen LogP contribution is 2.36. The maximum atomic E-state index is 3.74. The normalized spacial score (nSPS) is 11.3. The van der Waals surface area contributed by atoms with Gasteiger partial charge in [0.1, 0.15) is 0 Å². The minimum atomic E-state index is -0.321. The van der Waals surface area contributed by atoms with Crippen molar-refractivity contribution in [1.29, 1.82) is 0 Å². The first-order chi connectivity index (χ1) is 10.9. The summed E-state index contributed by atoms with van der Waals surface area (Å²) in [5, 5.41) is 3.74. The Balaban J connectivity index is 2.29. The van der Waals surface area contributed by atoms with Crippen molar-refractivity contribution in [3.63, 3.8) is 0 Å². The Morgan fingerprint density at radius 3 is 1.18 bits per heavy atom. The summed E-state index contributed by atoms with van der Waals surface area (Å²) in [6, 6.07) is 32.0. The van der Waals surface area contributed by atoms with Gasteiger partial charge in [-0.25, -0.2) is 0 Å². The first kappa shape index (κ1) is 14.6. The molecule has 0 aliphatic heterocycles. The van der Waals surface area contributed by atoms with E-state index in [-0.39, 0.29) is 5.54 Å². The zero-order valence-corrected chi connectivity index (χ0v) is 12.9. The van der Waals surface area contributed by atoms with Gasteiger partial charge in [0.2, 0.25) is 0 Å². The fourth-order valence-electron chi connectivity index (χ4n) is 3.14. The molecule has 0 aliphatic rings. The van der Waals surface area contributed by atoms with Crippen molar-refractivity contribution in [2.75, 3.05) is 6.54 Å².